The normalized spacial score (nSPS) is 32.0. The van der Waals surface area contributed by atoms with Crippen LogP contribution in [0.15, 0.2) is 0 Å². The lowest BCUT2D eigenvalue weighted by Gasteiger charge is -2.46. The fourth-order valence-electron chi connectivity index (χ4n) is 4.39. The van der Waals surface area contributed by atoms with Crippen molar-refractivity contribution in [1.29, 1.82) is 0 Å². The van der Waals surface area contributed by atoms with Gasteiger partial charge in [-0.05, 0) is 25.6 Å². The van der Waals surface area contributed by atoms with Gasteiger partial charge in [-0.1, -0.05) is 6.42 Å². The summed E-state index contributed by atoms with van der Waals surface area (Å²) in [5.74, 6) is -1.81. The zero-order valence-corrected chi connectivity index (χ0v) is 15.5. The van der Waals surface area contributed by atoms with Gasteiger partial charge in [0.15, 0.2) is 0 Å². The lowest BCUT2D eigenvalue weighted by molar-refractivity contribution is -0.144. The molecule has 2 atom stereocenters. The van der Waals surface area contributed by atoms with Crippen LogP contribution in [-0.4, -0.2) is 89.1 Å². The zero-order chi connectivity index (χ0) is 19.2. The van der Waals surface area contributed by atoms with Crippen LogP contribution in [0, 0.1) is 5.92 Å². The second-order valence-corrected chi connectivity index (χ2v) is 9.61. The number of hydrogen-bond acceptors (Lipinski definition) is 7. The Labute approximate surface area is 153 Å². The molecule has 3 fully saturated rings. The molecule has 6 N–H and O–H groups in total. The third-order valence-corrected chi connectivity index (χ3v) is 8.11. The molecule has 0 unspecified atom stereocenters. The van der Waals surface area contributed by atoms with Gasteiger partial charge >= 0.3 is 13.1 Å². The van der Waals surface area contributed by atoms with E-state index in [1.807, 2.05) is 0 Å². The largest absolute Gasteiger partial charge is 0.480 e. The fourth-order valence-corrected chi connectivity index (χ4v) is 6.48. The van der Waals surface area contributed by atoms with Gasteiger partial charge < -0.3 is 26.2 Å². The summed E-state index contributed by atoms with van der Waals surface area (Å²) < 4.78 is 29.1. The molecule has 0 aliphatic carbocycles. The van der Waals surface area contributed by atoms with E-state index in [1.54, 1.807) is 0 Å². The molecule has 0 saturated carbocycles. The van der Waals surface area contributed by atoms with Gasteiger partial charge in [0, 0.05) is 38.6 Å². The number of carbonyl (C=O) groups is 1. The van der Waals surface area contributed by atoms with Gasteiger partial charge in [-0.15, -0.1) is 0 Å². The number of rotatable bonds is 7. The van der Waals surface area contributed by atoms with Gasteiger partial charge in [0.25, 0.3) is 10.2 Å². The van der Waals surface area contributed by atoms with E-state index in [9.17, 15) is 18.3 Å². The summed E-state index contributed by atoms with van der Waals surface area (Å²) >= 11 is 0. The van der Waals surface area contributed by atoms with Gasteiger partial charge in [-0.2, -0.15) is 17.0 Å². The SMILES string of the molecule is N[C@@]1(C(=O)O)CN(S(=O)(=O)N2CCCC23CNC3)C[C@@H]1CCCB(O)O. The highest BCUT2D eigenvalue weighted by molar-refractivity contribution is 7.86. The van der Waals surface area contributed by atoms with E-state index < -0.39 is 40.3 Å². The molecule has 0 aromatic heterocycles. The minimum absolute atomic E-state index is 0.0344. The molecule has 10 nitrogen and oxygen atoms in total. The molecule has 0 radical (unpaired) electrons. The molecule has 0 bridgehead atoms. The lowest BCUT2D eigenvalue weighted by Crippen LogP contribution is -2.68. The second kappa shape index (κ2) is 7.00. The van der Waals surface area contributed by atoms with Crippen LogP contribution in [0.1, 0.15) is 25.7 Å². The number of nitrogens with two attached hydrogens (primary N) is 1. The van der Waals surface area contributed by atoms with E-state index in [0.29, 0.717) is 32.5 Å². The quantitative estimate of drug-likeness (QED) is 0.302. The topological polar surface area (TPSA) is 156 Å². The highest BCUT2D eigenvalue weighted by Gasteiger charge is 2.57. The highest BCUT2D eigenvalue weighted by Crippen LogP contribution is 2.39. The monoisotopic (exact) mass is 390 g/mol. The lowest BCUT2D eigenvalue weighted by atomic mass is 9.78. The molecule has 1 spiro atoms. The third-order valence-electron chi connectivity index (χ3n) is 6.05. The molecular formula is C14H27BN4O6S. The smallest absolute Gasteiger partial charge is 0.451 e. The average molecular weight is 390 g/mol. The summed E-state index contributed by atoms with van der Waals surface area (Å²) in [6.45, 7) is 1.44. The molecule has 26 heavy (non-hydrogen) atoms. The summed E-state index contributed by atoms with van der Waals surface area (Å²) in [5.41, 5.74) is 4.04. The molecule has 0 aromatic carbocycles. The predicted octanol–water partition coefficient (Wildman–Crippen LogP) is -2.36. The Hall–Kier alpha value is -0.755. The minimum atomic E-state index is -3.80. The minimum Gasteiger partial charge on any atom is -0.480 e. The second-order valence-electron chi connectivity index (χ2n) is 7.76. The number of hydrogen-bond donors (Lipinski definition) is 5. The van der Waals surface area contributed by atoms with E-state index in [0.717, 1.165) is 12.8 Å². The van der Waals surface area contributed by atoms with Gasteiger partial charge in [0.2, 0.25) is 0 Å². The van der Waals surface area contributed by atoms with Gasteiger partial charge in [-0.3, -0.25) is 4.79 Å². The van der Waals surface area contributed by atoms with E-state index in [-0.39, 0.29) is 19.4 Å². The summed E-state index contributed by atoms with van der Waals surface area (Å²) in [4.78, 5) is 11.8. The Morgan fingerprint density at radius 1 is 1.35 bits per heavy atom. The van der Waals surface area contributed by atoms with Crippen molar-refractivity contribution >= 4 is 23.3 Å². The Morgan fingerprint density at radius 2 is 2.04 bits per heavy atom. The number of aliphatic carboxylic acids is 1. The Bertz CT molecular complexity index is 658. The highest BCUT2D eigenvalue weighted by atomic mass is 32.2. The molecule has 12 heteroatoms. The molecule has 3 heterocycles. The van der Waals surface area contributed by atoms with Crippen molar-refractivity contribution in [3.63, 3.8) is 0 Å². The van der Waals surface area contributed by atoms with Gasteiger partial charge in [0.1, 0.15) is 5.54 Å². The first-order valence-corrected chi connectivity index (χ1v) is 10.4. The predicted molar refractivity (Wildman–Crippen MR) is 94.3 cm³/mol. The average Bonchev–Trinajstić information content (AvgIpc) is 3.10. The summed E-state index contributed by atoms with van der Waals surface area (Å²) in [7, 11) is -5.27. The van der Waals surface area contributed by atoms with Crippen LogP contribution >= 0.6 is 0 Å². The first-order valence-electron chi connectivity index (χ1n) is 8.99. The van der Waals surface area contributed by atoms with Crippen LogP contribution in [0.2, 0.25) is 6.32 Å². The van der Waals surface area contributed by atoms with Crippen molar-refractivity contribution in [3.8, 4) is 0 Å². The van der Waals surface area contributed by atoms with Crippen LogP contribution in [-0.2, 0) is 15.0 Å². The maximum atomic E-state index is 13.2. The molecule has 3 aliphatic rings. The van der Waals surface area contributed by atoms with Crippen molar-refractivity contribution in [1.82, 2.24) is 13.9 Å². The third kappa shape index (κ3) is 3.28. The standard InChI is InChI=1S/C14H27BN4O6S/c16-14(12(20)21)10-18(7-11(14)3-1-5-15(22)23)26(24,25)19-6-2-4-13(19)8-17-9-13/h11,17,22-23H,1-10,16H2,(H,20,21)/t11-,14-/m0/s1. The molecule has 148 valence electrons. The molecule has 3 saturated heterocycles. The maximum Gasteiger partial charge on any atom is 0.451 e. The molecule has 3 rings (SSSR count). The molecule has 3 aliphatic heterocycles. The number of carboxylic acid groups (broad SMARTS) is 1. The first-order chi connectivity index (χ1) is 12.1. The Kier molecular flexibility index (Phi) is 5.39. The van der Waals surface area contributed by atoms with Crippen molar-refractivity contribution in [3.05, 3.63) is 0 Å². The van der Waals surface area contributed by atoms with E-state index in [2.05, 4.69) is 5.32 Å². The summed E-state index contributed by atoms with van der Waals surface area (Å²) in [6, 6.07) is 0. The Morgan fingerprint density at radius 3 is 2.58 bits per heavy atom. The van der Waals surface area contributed by atoms with Gasteiger partial charge in [-0.25, -0.2) is 0 Å². The molecule has 0 aromatic rings. The zero-order valence-electron chi connectivity index (χ0n) is 14.7. The number of carboxylic acids is 1. The first kappa shape index (κ1) is 20.0. The number of nitrogens with zero attached hydrogens (tertiary/aromatic N) is 2. The Balaban J connectivity index is 1.77. The molecular weight excluding hydrogens is 363 g/mol. The van der Waals surface area contributed by atoms with Crippen molar-refractivity contribution in [2.75, 3.05) is 32.7 Å². The maximum absolute atomic E-state index is 13.2. The van der Waals surface area contributed by atoms with Crippen molar-refractivity contribution < 1.29 is 28.4 Å². The van der Waals surface area contributed by atoms with E-state index >= 15 is 0 Å². The van der Waals surface area contributed by atoms with Crippen molar-refractivity contribution in [2.24, 2.45) is 11.7 Å². The van der Waals surface area contributed by atoms with E-state index in [1.165, 1.54) is 8.61 Å². The van der Waals surface area contributed by atoms with Crippen LogP contribution in [0.5, 0.6) is 0 Å². The van der Waals surface area contributed by atoms with Gasteiger partial charge in [0.05, 0.1) is 5.54 Å². The van der Waals surface area contributed by atoms with Crippen molar-refractivity contribution in [2.45, 2.75) is 43.1 Å². The summed E-state index contributed by atoms with van der Waals surface area (Å²) in [6.07, 6.45) is 2.37. The van der Waals surface area contributed by atoms with Crippen LogP contribution in [0.4, 0.5) is 0 Å². The van der Waals surface area contributed by atoms with Crippen LogP contribution in [0.3, 0.4) is 0 Å². The summed E-state index contributed by atoms with van der Waals surface area (Å²) in [5, 5.41) is 30.7. The van der Waals surface area contributed by atoms with Crippen LogP contribution in [0.25, 0.3) is 0 Å². The fraction of sp³-hybridized carbons (Fsp3) is 0.929. The van der Waals surface area contributed by atoms with E-state index in [4.69, 9.17) is 15.8 Å². The molecule has 0 amide bonds. The van der Waals surface area contributed by atoms with Crippen LogP contribution < -0.4 is 11.1 Å². The number of nitrogens with one attached hydrogen (secondary N) is 1.